The predicted molar refractivity (Wildman–Crippen MR) is 117 cm³/mol. The fourth-order valence-corrected chi connectivity index (χ4v) is 5.27. The van der Waals surface area contributed by atoms with Gasteiger partial charge in [0.25, 0.3) is 5.91 Å². The number of hydrogen-bond donors (Lipinski definition) is 1. The van der Waals surface area contributed by atoms with E-state index in [-0.39, 0.29) is 11.3 Å². The minimum atomic E-state index is -3.31. The molecule has 3 aromatic rings. The molecule has 0 radical (unpaired) electrons. The molecule has 1 aliphatic heterocycles. The van der Waals surface area contributed by atoms with Crippen molar-refractivity contribution in [2.24, 2.45) is 0 Å². The Morgan fingerprint density at radius 3 is 2.67 bits per heavy atom. The first kappa shape index (κ1) is 20.4. The topological polar surface area (TPSA) is 92.5 Å². The summed E-state index contributed by atoms with van der Waals surface area (Å²) in [5.74, 6) is 0.0791. The van der Waals surface area contributed by atoms with Crippen molar-refractivity contribution < 1.29 is 17.7 Å². The Kier molecular flexibility index (Phi) is 5.29. The number of rotatable bonds is 4. The SMILES string of the molecule is Cc1ccc(N2CCCS2(=O)=O)cc1NC(=O)c1c(-c2ccccc2Cl)noc1C. The second-order valence-corrected chi connectivity index (χ2v) is 9.56. The van der Waals surface area contributed by atoms with Gasteiger partial charge in [-0.15, -0.1) is 0 Å². The lowest BCUT2D eigenvalue weighted by Crippen LogP contribution is -2.25. The molecular formula is C21H20ClN3O4S. The monoisotopic (exact) mass is 445 g/mol. The molecule has 1 N–H and O–H groups in total. The second kappa shape index (κ2) is 7.77. The molecular weight excluding hydrogens is 426 g/mol. The van der Waals surface area contributed by atoms with E-state index in [1.807, 2.05) is 6.92 Å². The first-order valence-corrected chi connectivity index (χ1v) is 11.4. The maximum atomic E-state index is 13.1. The zero-order valence-electron chi connectivity index (χ0n) is 16.5. The maximum absolute atomic E-state index is 13.1. The highest BCUT2D eigenvalue weighted by Gasteiger charge is 2.29. The van der Waals surface area contributed by atoms with Gasteiger partial charge in [0, 0.05) is 17.8 Å². The van der Waals surface area contributed by atoms with Crippen LogP contribution >= 0.6 is 11.6 Å². The summed E-state index contributed by atoms with van der Waals surface area (Å²) in [6.45, 7) is 3.93. The number of anilines is 2. The highest BCUT2D eigenvalue weighted by molar-refractivity contribution is 7.93. The molecule has 2 aromatic carbocycles. The molecule has 30 heavy (non-hydrogen) atoms. The summed E-state index contributed by atoms with van der Waals surface area (Å²) in [7, 11) is -3.31. The third-order valence-corrected chi connectivity index (χ3v) is 7.27. The Morgan fingerprint density at radius 2 is 1.97 bits per heavy atom. The van der Waals surface area contributed by atoms with Crippen molar-refractivity contribution >= 4 is 38.9 Å². The number of halogens is 1. The average molecular weight is 446 g/mol. The maximum Gasteiger partial charge on any atom is 0.261 e. The number of aryl methyl sites for hydroxylation is 2. The van der Waals surface area contributed by atoms with E-state index in [1.54, 1.807) is 49.4 Å². The highest BCUT2D eigenvalue weighted by Crippen LogP contribution is 2.33. The second-order valence-electron chi connectivity index (χ2n) is 7.14. The first-order chi connectivity index (χ1) is 14.3. The van der Waals surface area contributed by atoms with Gasteiger partial charge in [-0.2, -0.15) is 0 Å². The third-order valence-electron chi connectivity index (χ3n) is 5.08. The zero-order chi connectivity index (χ0) is 21.5. The standard InChI is InChI=1S/C21H20ClN3O4S/c1-13-8-9-15(25-10-5-11-30(25,27)28)12-18(13)23-21(26)19-14(2)29-24-20(19)16-6-3-4-7-17(16)22/h3-4,6-9,12H,5,10-11H2,1-2H3,(H,23,26). The molecule has 156 valence electrons. The molecule has 2 heterocycles. The summed E-state index contributed by atoms with van der Waals surface area (Å²) in [6.07, 6.45) is 0.582. The molecule has 0 unspecified atom stereocenters. The van der Waals surface area contributed by atoms with E-state index in [0.29, 0.717) is 46.4 Å². The van der Waals surface area contributed by atoms with Crippen molar-refractivity contribution in [1.82, 2.24) is 5.16 Å². The highest BCUT2D eigenvalue weighted by atomic mass is 35.5. The number of carbonyl (C=O) groups is 1. The van der Waals surface area contributed by atoms with Crippen molar-refractivity contribution in [2.45, 2.75) is 20.3 Å². The van der Waals surface area contributed by atoms with Gasteiger partial charge in [0.1, 0.15) is 17.0 Å². The van der Waals surface area contributed by atoms with Gasteiger partial charge >= 0.3 is 0 Å². The molecule has 1 aliphatic rings. The van der Waals surface area contributed by atoms with E-state index in [0.717, 1.165) is 5.56 Å². The van der Waals surface area contributed by atoms with Crippen LogP contribution in [0.4, 0.5) is 11.4 Å². The molecule has 0 aliphatic carbocycles. The smallest absolute Gasteiger partial charge is 0.261 e. The van der Waals surface area contributed by atoms with Crippen LogP contribution in [0.1, 0.15) is 28.1 Å². The van der Waals surface area contributed by atoms with Gasteiger partial charge in [0.05, 0.1) is 16.5 Å². The van der Waals surface area contributed by atoms with Gasteiger partial charge in [-0.25, -0.2) is 8.42 Å². The van der Waals surface area contributed by atoms with Crippen LogP contribution in [0, 0.1) is 13.8 Å². The van der Waals surface area contributed by atoms with E-state index in [4.69, 9.17) is 16.1 Å². The molecule has 7 nitrogen and oxygen atoms in total. The number of nitrogens with zero attached hydrogens (tertiary/aromatic N) is 2. The minimum absolute atomic E-state index is 0.129. The fraction of sp³-hybridized carbons (Fsp3) is 0.238. The van der Waals surface area contributed by atoms with Crippen LogP contribution in [0.2, 0.25) is 5.02 Å². The van der Waals surface area contributed by atoms with Crippen molar-refractivity contribution in [3.05, 3.63) is 64.4 Å². The Morgan fingerprint density at radius 1 is 1.20 bits per heavy atom. The van der Waals surface area contributed by atoms with Gasteiger partial charge in [0.15, 0.2) is 0 Å². The average Bonchev–Trinajstić information content (AvgIpc) is 3.25. The van der Waals surface area contributed by atoms with Crippen LogP contribution in [0.3, 0.4) is 0 Å². The quantitative estimate of drug-likeness (QED) is 0.642. The number of benzene rings is 2. The summed E-state index contributed by atoms with van der Waals surface area (Å²) in [4.78, 5) is 13.1. The van der Waals surface area contributed by atoms with Crippen molar-refractivity contribution in [3.8, 4) is 11.3 Å². The van der Waals surface area contributed by atoms with Crippen LogP contribution in [0.5, 0.6) is 0 Å². The zero-order valence-corrected chi connectivity index (χ0v) is 18.0. The Bertz CT molecular complexity index is 1240. The summed E-state index contributed by atoms with van der Waals surface area (Å²) in [5.41, 5.74) is 3.08. The third kappa shape index (κ3) is 3.68. The van der Waals surface area contributed by atoms with Crippen molar-refractivity contribution in [1.29, 1.82) is 0 Å². The van der Waals surface area contributed by atoms with Gasteiger partial charge in [0.2, 0.25) is 10.0 Å². The molecule has 1 amide bonds. The minimum Gasteiger partial charge on any atom is -0.360 e. The van der Waals surface area contributed by atoms with Gasteiger partial charge in [-0.3, -0.25) is 9.10 Å². The number of hydrogen-bond acceptors (Lipinski definition) is 5. The van der Waals surface area contributed by atoms with E-state index < -0.39 is 15.9 Å². The number of sulfonamides is 1. The fourth-order valence-electron chi connectivity index (χ4n) is 3.49. The lowest BCUT2D eigenvalue weighted by atomic mass is 10.1. The molecule has 0 saturated carbocycles. The summed E-state index contributed by atoms with van der Waals surface area (Å²) < 4.78 is 31.1. The van der Waals surface area contributed by atoms with Gasteiger partial charge < -0.3 is 9.84 Å². The van der Waals surface area contributed by atoms with Crippen molar-refractivity contribution in [2.75, 3.05) is 21.9 Å². The number of nitrogens with one attached hydrogen (secondary N) is 1. The molecule has 4 rings (SSSR count). The van der Waals surface area contributed by atoms with E-state index in [2.05, 4.69) is 10.5 Å². The van der Waals surface area contributed by atoms with Crippen LogP contribution in [-0.4, -0.2) is 31.8 Å². The molecule has 9 heteroatoms. The number of amides is 1. The molecule has 0 atom stereocenters. The first-order valence-electron chi connectivity index (χ1n) is 9.41. The van der Waals surface area contributed by atoms with Crippen LogP contribution < -0.4 is 9.62 Å². The largest absolute Gasteiger partial charge is 0.360 e. The summed E-state index contributed by atoms with van der Waals surface area (Å²) >= 11 is 6.27. The summed E-state index contributed by atoms with van der Waals surface area (Å²) in [6, 6.07) is 12.3. The molecule has 1 aromatic heterocycles. The normalized spacial score (nSPS) is 15.4. The molecule has 1 saturated heterocycles. The van der Waals surface area contributed by atoms with E-state index in [9.17, 15) is 13.2 Å². The van der Waals surface area contributed by atoms with Crippen LogP contribution in [0.15, 0.2) is 47.0 Å². The predicted octanol–water partition coefficient (Wildman–Crippen LogP) is 4.40. The lowest BCUT2D eigenvalue weighted by Gasteiger charge is -2.19. The summed E-state index contributed by atoms with van der Waals surface area (Å²) in [5, 5.41) is 7.35. The number of aromatic nitrogens is 1. The van der Waals surface area contributed by atoms with Crippen LogP contribution in [0.25, 0.3) is 11.3 Å². The molecule has 1 fully saturated rings. The van der Waals surface area contributed by atoms with Gasteiger partial charge in [-0.05, 0) is 44.0 Å². The Balaban J connectivity index is 1.68. The number of carbonyl (C=O) groups excluding carboxylic acids is 1. The Hall–Kier alpha value is -2.84. The Labute approximate surface area is 179 Å². The van der Waals surface area contributed by atoms with Crippen molar-refractivity contribution in [3.63, 3.8) is 0 Å². The van der Waals surface area contributed by atoms with Gasteiger partial charge in [-0.1, -0.05) is 41.0 Å². The molecule has 0 spiro atoms. The molecule has 0 bridgehead atoms. The van der Waals surface area contributed by atoms with E-state index in [1.165, 1.54) is 4.31 Å². The van der Waals surface area contributed by atoms with Crippen LogP contribution in [-0.2, 0) is 10.0 Å². The lowest BCUT2D eigenvalue weighted by molar-refractivity contribution is 0.102. The van der Waals surface area contributed by atoms with E-state index >= 15 is 0 Å².